The molecule has 2 aromatic rings. The average Bonchev–Trinajstić information content (AvgIpc) is 2.47. The minimum Gasteiger partial charge on any atom is -0.456 e. The predicted octanol–water partition coefficient (Wildman–Crippen LogP) is 5.96. The van der Waals surface area contributed by atoms with Crippen molar-refractivity contribution in [1.82, 2.24) is 5.32 Å². The first-order chi connectivity index (χ1) is 10.1. The van der Waals surface area contributed by atoms with Crippen LogP contribution >= 0.6 is 27.5 Å². The highest BCUT2D eigenvalue weighted by molar-refractivity contribution is 9.10. The summed E-state index contributed by atoms with van der Waals surface area (Å²) in [5, 5.41) is 4.07. The molecule has 2 nitrogen and oxygen atoms in total. The zero-order chi connectivity index (χ0) is 15.2. The molecule has 0 fully saturated rings. The molecule has 0 aromatic heterocycles. The number of nitrogens with one attached hydrogen (secondary N) is 1. The van der Waals surface area contributed by atoms with Gasteiger partial charge < -0.3 is 10.1 Å². The Hall–Kier alpha value is -1.03. The highest BCUT2D eigenvalue weighted by Gasteiger charge is 2.09. The number of rotatable bonds is 6. The number of hydrogen-bond acceptors (Lipinski definition) is 2. The topological polar surface area (TPSA) is 21.3 Å². The molecule has 0 spiro atoms. The van der Waals surface area contributed by atoms with Gasteiger partial charge >= 0.3 is 0 Å². The molecule has 0 aliphatic rings. The van der Waals surface area contributed by atoms with E-state index in [0.717, 1.165) is 28.8 Å². The highest BCUT2D eigenvalue weighted by atomic mass is 79.9. The molecule has 2 aromatic carbocycles. The third kappa shape index (κ3) is 4.73. The minimum absolute atomic E-state index is 0.280. The smallest absolute Gasteiger partial charge is 0.146 e. The van der Waals surface area contributed by atoms with Crippen LogP contribution in [-0.2, 0) is 0 Å². The quantitative estimate of drug-likeness (QED) is 0.679. The van der Waals surface area contributed by atoms with E-state index in [2.05, 4.69) is 35.1 Å². The van der Waals surface area contributed by atoms with E-state index in [1.165, 1.54) is 0 Å². The molecule has 1 N–H and O–H groups in total. The van der Waals surface area contributed by atoms with E-state index in [4.69, 9.17) is 16.3 Å². The van der Waals surface area contributed by atoms with Crippen molar-refractivity contribution < 1.29 is 4.74 Å². The van der Waals surface area contributed by atoms with Crippen molar-refractivity contribution in [2.45, 2.75) is 26.3 Å². The molecule has 1 unspecified atom stereocenters. The summed E-state index contributed by atoms with van der Waals surface area (Å²) >= 11 is 9.76. The Balaban J connectivity index is 2.12. The van der Waals surface area contributed by atoms with Gasteiger partial charge in [-0.05, 0) is 55.8 Å². The van der Waals surface area contributed by atoms with E-state index in [1.807, 2.05) is 42.5 Å². The van der Waals surface area contributed by atoms with Crippen molar-refractivity contribution in [3.63, 3.8) is 0 Å². The molecule has 0 aliphatic heterocycles. The fraction of sp³-hybridized carbons (Fsp3) is 0.294. The van der Waals surface area contributed by atoms with E-state index in [0.29, 0.717) is 10.8 Å². The van der Waals surface area contributed by atoms with Crippen LogP contribution in [0.4, 0.5) is 0 Å². The van der Waals surface area contributed by atoms with Crippen LogP contribution in [-0.4, -0.2) is 6.54 Å². The van der Waals surface area contributed by atoms with Gasteiger partial charge in [0.25, 0.3) is 0 Å². The van der Waals surface area contributed by atoms with Gasteiger partial charge in [0.1, 0.15) is 11.5 Å². The zero-order valence-electron chi connectivity index (χ0n) is 12.2. The SMILES string of the molecule is CCCNC(C)c1ccc(Oc2cccc(Br)c2)c(Cl)c1. The van der Waals surface area contributed by atoms with Crippen LogP contribution < -0.4 is 10.1 Å². The second-order valence-corrected chi connectivity index (χ2v) is 6.25. The number of hydrogen-bond donors (Lipinski definition) is 1. The fourth-order valence-electron chi connectivity index (χ4n) is 2.01. The van der Waals surface area contributed by atoms with Crippen LogP contribution in [0.15, 0.2) is 46.9 Å². The molecule has 0 saturated carbocycles. The van der Waals surface area contributed by atoms with Crippen LogP contribution in [0.2, 0.25) is 5.02 Å². The lowest BCUT2D eigenvalue weighted by Crippen LogP contribution is -2.19. The molecule has 0 bridgehead atoms. The lowest BCUT2D eigenvalue weighted by Gasteiger charge is -2.15. The number of halogens is 2. The van der Waals surface area contributed by atoms with Gasteiger partial charge in [-0.25, -0.2) is 0 Å². The van der Waals surface area contributed by atoms with Crippen LogP contribution in [0.3, 0.4) is 0 Å². The highest BCUT2D eigenvalue weighted by Crippen LogP contribution is 2.32. The first kappa shape index (κ1) is 16.3. The van der Waals surface area contributed by atoms with Crippen LogP contribution in [0.1, 0.15) is 31.9 Å². The summed E-state index contributed by atoms with van der Waals surface area (Å²) in [6.45, 7) is 5.28. The lowest BCUT2D eigenvalue weighted by molar-refractivity contribution is 0.481. The van der Waals surface area contributed by atoms with Crippen molar-refractivity contribution in [3.8, 4) is 11.5 Å². The Morgan fingerprint density at radius 3 is 2.71 bits per heavy atom. The molecule has 0 saturated heterocycles. The Labute approximate surface area is 139 Å². The second-order valence-electron chi connectivity index (χ2n) is 4.93. The molecule has 2 rings (SSSR count). The lowest BCUT2D eigenvalue weighted by atomic mass is 10.1. The van der Waals surface area contributed by atoms with Gasteiger partial charge in [-0.15, -0.1) is 0 Å². The maximum absolute atomic E-state index is 6.33. The van der Waals surface area contributed by atoms with Crippen LogP contribution in [0, 0.1) is 0 Å². The minimum atomic E-state index is 0.280. The normalized spacial score (nSPS) is 12.2. The monoisotopic (exact) mass is 367 g/mol. The Kier molecular flexibility index (Phi) is 6.09. The van der Waals surface area contributed by atoms with E-state index in [-0.39, 0.29) is 6.04 Å². The third-order valence-corrected chi connectivity index (χ3v) is 3.97. The molecule has 0 radical (unpaired) electrons. The Bertz CT molecular complexity index is 603. The van der Waals surface area contributed by atoms with Crippen molar-refractivity contribution in [2.75, 3.05) is 6.54 Å². The zero-order valence-corrected chi connectivity index (χ0v) is 14.5. The van der Waals surface area contributed by atoms with Gasteiger partial charge in [-0.1, -0.05) is 46.6 Å². The molecule has 0 heterocycles. The van der Waals surface area contributed by atoms with Crippen LogP contribution in [0.5, 0.6) is 11.5 Å². The molecule has 0 aliphatic carbocycles. The largest absolute Gasteiger partial charge is 0.456 e. The molecule has 1 atom stereocenters. The van der Waals surface area contributed by atoms with E-state index >= 15 is 0 Å². The molecule has 0 amide bonds. The summed E-state index contributed by atoms with van der Waals surface area (Å²) in [5.74, 6) is 1.43. The molecule has 21 heavy (non-hydrogen) atoms. The fourth-order valence-corrected chi connectivity index (χ4v) is 2.61. The van der Waals surface area contributed by atoms with Gasteiger partial charge in [-0.3, -0.25) is 0 Å². The van der Waals surface area contributed by atoms with E-state index < -0.39 is 0 Å². The Morgan fingerprint density at radius 1 is 1.24 bits per heavy atom. The summed E-state index contributed by atoms with van der Waals surface area (Å²) in [6, 6.07) is 13.9. The molecular weight excluding hydrogens is 350 g/mol. The third-order valence-electron chi connectivity index (χ3n) is 3.18. The standard InChI is InChI=1S/C17H19BrClNO/c1-3-9-20-12(2)13-7-8-17(16(19)10-13)21-15-6-4-5-14(18)11-15/h4-8,10-12,20H,3,9H2,1-2H3. The number of benzene rings is 2. The predicted molar refractivity (Wildman–Crippen MR) is 92.4 cm³/mol. The summed E-state index contributed by atoms with van der Waals surface area (Å²) < 4.78 is 6.80. The summed E-state index contributed by atoms with van der Waals surface area (Å²) in [7, 11) is 0. The van der Waals surface area contributed by atoms with Crippen molar-refractivity contribution in [2.24, 2.45) is 0 Å². The van der Waals surface area contributed by atoms with Gasteiger partial charge in [0.05, 0.1) is 5.02 Å². The van der Waals surface area contributed by atoms with Crippen molar-refractivity contribution in [1.29, 1.82) is 0 Å². The van der Waals surface area contributed by atoms with E-state index in [1.54, 1.807) is 0 Å². The first-order valence-corrected chi connectivity index (χ1v) is 8.23. The summed E-state index contributed by atoms with van der Waals surface area (Å²) in [5.41, 5.74) is 1.16. The second kappa shape index (κ2) is 7.83. The van der Waals surface area contributed by atoms with Gasteiger partial charge in [0, 0.05) is 10.5 Å². The van der Waals surface area contributed by atoms with Crippen LogP contribution in [0.25, 0.3) is 0 Å². The molecule has 4 heteroatoms. The summed E-state index contributed by atoms with van der Waals surface area (Å²) in [4.78, 5) is 0. The maximum Gasteiger partial charge on any atom is 0.146 e. The van der Waals surface area contributed by atoms with E-state index in [9.17, 15) is 0 Å². The number of ether oxygens (including phenoxy) is 1. The van der Waals surface area contributed by atoms with Crippen molar-refractivity contribution >= 4 is 27.5 Å². The molecular formula is C17H19BrClNO. The summed E-state index contributed by atoms with van der Waals surface area (Å²) in [6.07, 6.45) is 1.11. The molecule has 112 valence electrons. The van der Waals surface area contributed by atoms with Gasteiger partial charge in [-0.2, -0.15) is 0 Å². The average molecular weight is 369 g/mol. The Morgan fingerprint density at radius 2 is 2.05 bits per heavy atom. The van der Waals surface area contributed by atoms with Gasteiger partial charge in [0.2, 0.25) is 0 Å². The van der Waals surface area contributed by atoms with Crippen molar-refractivity contribution in [3.05, 3.63) is 57.5 Å². The first-order valence-electron chi connectivity index (χ1n) is 7.06. The maximum atomic E-state index is 6.33. The van der Waals surface area contributed by atoms with Gasteiger partial charge in [0.15, 0.2) is 0 Å².